The zero-order valence-corrected chi connectivity index (χ0v) is 10.7. The van der Waals surface area contributed by atoms with Crippen LogP contribution in [0.25, 0.3) is 0 Å². The van der Waals surface area contributed by atoms with Gasteiger partial charge in [-0.25, -0.2) is 0 Å². The van der Waals surface area contributed by atoms with E-state index in [1.807, 2.05) is 0 Å². The zero-order chi connectivity index (χ0) is 11.5. The first-order valence-electron chi connectivity index (χ1n) is 5.60. The van der Waals surface area contributed by atoms with Crippen LogP contribution in [0.15, 0.2) is 23.1 Å². The molecule has 0 saturated heterocycles. The first-order chi connectivity index (χ1) is 7.66. The zero-order valence-electron chi connectivity index (χ0n) is 9.12. The maximum Gasteiger partial charge on any atom is 0.0587 e. The van der Waals surface area contributed by atoms with Crippen molar-refractivity contribution in [2.75, 3.05) is 11.5 Å². The maximum atomic E-state index is 12.1. The molecule has 88 valence electrons. The summed E-state index contributed by atoms with van der Waals surface area (Å²) < 4.78 is 12.1. The molecule has 1 aliphatic carbocycles. The standard InChI is InChI=1S/C12H16ClNOS/c13-11-7-10(14)5-6-12(11)16(15)8-9-3-1-2-4-9/h5-7,9H,1-4,8,14H2. The van der Waals surface area contributed by atoms with Gasteiger partial charge in [0.2, 0.25) is 0 Å². The molecule has 1 aromatic rings. The first-order valence-corrected chi connectivity index (χ1v) is 7.30. The van der Waals surface area contributed by atoms with Crippen molar-refractivity contribution in [3.05, 3.63) is 23.2 Å². The Morgan fingerprint density at radius 1 is 1.38 bits per heavy atom. The summed E-state index contributed by atoms with van der Waals surface area (Å²) in [6, 6.07) is 5.21. The lowest BCUT2D eigenvalue weighted by Gasteiger charge is -2.10. The molecule has 1 saturated carbocycles. The lowest BCUT2D eigenvalue weighted by Crippen LogP contribution is -2.08. The Hall–Kier alpha value is -0.540. The van der Waals surface area contributed by atoms with Crippen LogP contribution in [0.1, 0.15) is 25.7 Å². The molecule has 1 unspecified atom stereocenters. The summed E-state index contributed by atoms with van der Waals surface area (Å²) in [5, 5.41) is 0.524. The van der Waals surface area contributed by atoms with Crippen LogP contribution in [0.5, 0.6) is 0 Å². The van der Waals surface area contributed by atoms with E-state index in [1.54, 1.807) is 18.2 Å². The lowest BCUT2D eigenvalue weighted by atomic mass is 10.1. The normalized spacial score (nSPS) is 18.8. The van der Waals surface area contributed by atoms with Gasteiger partial charge in [-0.3, -0.25) is 4.21 Å². The van der Waals surface area contributed by atoms with Gasteiger partial charge in [-0.15, -0.1) is 0 Å². The third kappa shape index (κ3) is 2.77. The Morgan fingerprint density at radius 3 is 2.69 bits per heavy atom. The van der Waals surface area contributed by atoms with Gasteiger partial charge >= 0.3 is 0 Å². The molecule has 2 N–H and O–H groups in total. The number of hydrogen-bond acceptors (Lipinski definition) is 2. The Bertz CT molecular complexity index is 402. The predicted octanol–water partition coefficient (Wildman–Crippen LogP) is 3.22. The average Bonchev–Trinajstić information content (AvgIpc) is 2.70. The van der Waals surface area contributed by atoms with Gasteiger partial charge in [0.05, 0.1) is 20.7 Å². The molecular weight excluding hydrogens is 242 g/mol. The molecular formula is C12H16ClNOS. The van der Waals surface area contributed by atoms with Gasteiger partial charge in [-0.1, -0.05) is 24.4 Å². The lowest BCUT2D eigenvalue weighted by molar-refractivity contribution is 0.604. The minimum absolute atomic E-state index is 0.524. The van der Waals surface area contributed by atoms with Gasteiger partial charge in [0.25, 0.3) is 0 Å². The van der Waals surface area contributed by atoms with Crippen LogP contribution in [0.4, 0.5) is 5.69 Å². The van der Waals surface area contributed by atoms with E-state index in [2.05, 4.69) is 0 Å². The fourth-order valence-corrected chi connectivity index (χ4v) is 4.07. The van der Waals surface area contributed by atoms with Crippen molar-refractivity contribution in [1.82, 2.24) is 0 Å². The summed E-state index contributed by atoms with van der Waals surface area (Å²) in [5.41, 5.74) is 6.23. The SMILES string of the molecule is Nc1ccc(S(=O)CC2CCCC2)c(Cl)c1. The van der Waals surface area contributed by atoms with Crippen LogP contribution >= 0.6 is 11.6 Å². The van der Waals surface area contributed by atoms with Gasteiger partial charge in [0.15, 0.2) is 0 Å². The number of hydrogen-bond donors (Lipinski definition) is 1. The van der Waals surface area contributed by atoms with Gasteiger partial charge in [-0.2, -0.15) is 0 Å². The molecule has 0 bridgehead atoms. The topological polar surface area (TPSA) is 43.1 Å². The van der Waals surface area contributed by atoms with Crippen molar-refractivity contribution in [3.8, 4) is 0 Å². The molecule has 0 amide bonds. The third-order valence-electron chi connectivity index (χ3n) is 3.06. The second-order valence-corrected chi connectivity index (χ2v) is 6.22. The molecule has 1 atom stereocenters. The van der Waals surface area contributed by atoms with Gasteiger partial charge in [-0.05, 0) is 37.0 Å². The highest BCUT2D eigenvalue weighted by Crippen LogP contribution is 2.29. The molecule has 0 aliphatic heterocycles. The summed E-state index contributed by atoms with van der Waals surface area (Å²) in [5.74, 6) is 1.35. The summed E-state index contributed by atoms with van der Waals surface area (Å²) in [7, 11) is -0.981. The highest BCUT2D eigenvalue weighted by atomic mass is 35.5. The van der Waals surface area contributed by atoms with E-state index in [-0.39, 0.29) is 0 Å². The highest BCUT2D eigenvalue weighted by molar-refractivity contribution is 7.85. The molecule has 0 radical (unpaired) electrons. The van der Waals surface area contributed by atoms with Crippen LogP contribution in [0.2, 0.25) is 5.02 Å². The summed E-state index contributed by atoms with van der Waals surface area (Å²) in [4.78, 5) is 0.725. The largest absolute Gasteiger partial charge is 0.399 e. The Morgan fingerprint density at radius 2 is 2.06 bits per heavy atom. The van der Waals surface area contributed by atoms with E-state index in [9.17, 15) is 4.21 Å². The fraction of sp³-hybridized carbons (Fsp3) is 0.500. The van der Waals surface area contributed by atoms with E-state index in [0.717, 1.165) is 10.6 Å². The number of nitrogens with two attached hydrogens (primary N) is 1. The van der Waals surface area contributed by atoms with Crippen LogP contribution < -0.4 is 5.73 Å². The van der Waals surface area contributed by atoms with Crippen LogP contribution in [0.3, 0.4) is 0 Å². The van der Waals surface area contributed by atoms with E-state index >= 15 is 0 Å². The molecule has 0 spiro atoms. The molecule has 1 aromatic carbocycles. The van der Waals surface area contributed by atoms with E-state index in [0.29, 0.717) is 16.6 Å². The molecule has 0 aromatic heterocycles. The minimum atomic E-state index is -0.981. The Labute approximate surface area is 104 Å². The number of halogens is 1. The van der Waals surface area contributed by atoms with Crippen molar-refractivity contribution < 1.29 is 4.21 Å². The van der Waals surface area contributed by atoms with Crippen LogP contribution in [-0.2, 0) is 10.8 Å². The van der Waals surface area contributed by atoms with Gasteiger partial charge < -0.3 is 5.73 Å². The summed E-state index contributed by atoms with van der Waals surface area (Å²) in [6.45, 7) is 0. The third-order valence-corrected chi connectivity index (χ3v) is 5.11. The van der Waals surface area contributed by atoms with Crippen molar-refractivity contribution in [2.24, 2.45) is 5.92 Å². The van der Waals surface area contributed by atoms with Crippen molar-refractivity contribution >= 4 is 28.1 Å². The number of anilines is 1. The fourth-order valence-electron chi connectivity index (χ4n) is 2.18. The van der Waals surface area contributed by atoms with Crippen LogP contribution in [0, 0.1) is 5.92 Å². The second-order valence-electron chi connectivity index (χ2n) is 4.35. The number of benzene rings is 1. The first kappa shape index (κ1) is 11.9. The Balaban J connectivity index is 2.08. The minimum Gasteiger partial charge on any atom is -0.399 e. The van der Waals surface area contributed by atoms with Crippen molar-refractivity contribution in [1.29, 1.82) is 0 Å². The Kier molecular flexibility index (Phi) is 3.87. The quantitative estimate of drug-likeness (QED) is 0.845. The molecule has 4 heteroatoms. The van der Waals surface area contributed by atoms with E-state index in [1.165, 1.54) is 25.7 Å². The van der Waals surface area contributed by atoms with Crippen molar-refractivity contribution in [3.63, 3.8) is 0 Å². The maximum absolute atomic E-state index is 12.1. The molecule has 1 fully saturated rings. The van der Waals surface area contributed by atoms with E-state index < -0.39 is 10.8 Å². The number of rotatable bonds is 3. The second kappa shape index (κ2) is 5.19. The molecule has 2 rings (SSSR count). The molecule has 1 aliphatic rings. The molecule has 16 heavy (non-hydrogen) atoms. The monoisotopic (exact) mass is 257 g/mol. The van der Waals surface area contributed by atoms with E-state index in [4.69, 9.17) is 17.3 Å². The number of nitrogen functional groups attached to an aromatic ring is 1. The van der Waals surface area contributed by atoms with Gasteiger partial charge in [0.1, 0.15) is 0 Å². The van der Waals surface area contributed by atoms with Crippen molar-refractivity contribution in [2.45, 2.75) is 30.6 Å². The molecule has 0 heterocycles. The smallest absolute Gasteiger partial charge is 0.0587 e. The predicted molar refractivity (Wildman–Crippen MR) is 69.1 cm³/mol. The summed E-state index contributed by atoms with van der Waals surface area (Å²) in [6.07, 6.45) is 4.96. The van der Waals surface area contributed by atoms with Crippen LogP contribution in [-0.4, -0.2) is 9.96 Å². The van der Waals surface area contributed by atoms with Gasteiger partial charge in [0, 0.05) is 11.4 Å². The average molecular weight is 258 g/mol. The molecule has 2 nitrogen and oxygen atoms in total. The highest BCUT2D eigenvalue weighted by Gasteiger charge is 2.19. The summed E-state index contributed by atoms with van der Waals surface area (Å²) >= 11 is 6.04.